The first-order chi connectivity index (χ1) is 8.43. The molecule has 4 nitrogen and oxygen atoms in total. The van der Waals surface area contributed by atoms with E-state index in [0.29, 0.717) is 12.2 Å². The SMILES string of the molecule is CCC(Oc1ccc(Br)c(CC(C)N)c1)C(N)=O. The minimum atomic E-state index is -0.589. The number of nitrogens with two attached hydrogens (primary N) is 2. The van der Waals surface area contributed by atoms with Gasteiger partial charge in [0.15, 0.2) is 6.10 Å². The molecule has 4 N–H and O–H groups in total. The second-order valence-electron chi connectivity index (χ2n) is 4.35. The molecule has 2 unspecified atom stereocenters. The molecule has 0 aliphatic heterocycles. The van der Waals surface area contributed by atoms with Crippen LogP contribution in [0.25, 0.3) is 0 Å². The zero-order valence-electron chi connectivity index (χ0n) is 10.7. The van der Waals surface area contributed by atoms with Crippen LogP contribution in [-0.4, -0.2) is 18.1 Å². The van der Waals surface area contributed by atoms with Gasteiger partial charge in [-0.2, -0.15) is 0 Å². The fraction of sp³-hybridized carbons (Fsp3) is 0.462. The number of primary amides is 1. The maximum Gasteiger partial charge on any atom is 0.258 e. The number of carbonyl (C=O) groups is 1. The van der Waals surface area contributed by atoms with Crippen LogP contribution in [0.5, 0.6) is 5.75 Å². The quantitative estimate of drug-likeness (QED) is 0.842. The molecular formula is C13H19BrN2O2. The minimum absolute atomic E-state index is 0.0645. The number of benzene rings is 1. The Bertz CT molecular complexity index is 421. The molecule has 0 bridgehead atoms. The van der Waals surface area contributed by atoms with Crippen molar-refractivity contribution in [3.8, 4) is 5.75 Å². The van der Waals surface area contributed by atoms with E-state index in [-0.39, 0.29) is 6.04 Å². The molecule has 5 heteroatoms. The lowest BCUT2D eigenvalue weighted by molar-refractivity contribution is -0.124. The van der Waals surface area contributed by atoms with E-state index in [1.54, 1.807) is 6.07 Å². The van der Waals surface area contributed by atoms with Crippen molar-refractivity contribution < 1.29 is 9.53 Å². The summed E-state index contributed by atoms with van der Waals surface area (Å²) >= 11 is 3.47. The number of hydrogen-bond donors (Lipinski definition) is 2. The van der Waals surface area contributed by atoms with Gasteiger partial charge in [0, 0.05) is 10.5 Å². The molecule has 1 aromatic rings. The molecule has 2 atom stereocenters. The van der Waals surface area contributed by atoms with Crippen LogP contribution in [0.15, 0.2) is 22.7 Å². The maximum atomic E-state index is 11.1. The van der Waals surface area contributed by atoms with Crippen LogP contribution in [-0.2, 0) is 11.2 Å². The summed E-state index contributed by atoms with van der Waals surface area (Å²) in [6, 6.07) is 5.65. The van der Waals surface area contributed by atoms with E-state index in [9.17, 15) is 4.79 Å². The normalized spacial score (nSPS) is 14.0. The van der Waals surface area contributed by atoms with Crippen LogP contribution in [0.1, 0.15) is 25.8 Å². The average molecular weight is 315 g/mol. The Morgan fingerprint density at radius 3 is 2.67 bits per heavy atom. The smallest absolute Gasteiger partial charge is 0.258 e. The molecule has 0 fully saturated rings. The monoisotopic (exact) mass is 314 g/mol. The largest absolute Gasteiger partial charge is 0.481 e. The van der Waals surface area contributed by atoms with Gasteiger partial charge in [-0.3, -0.25) is 4.79 Å². The molecule has 18 heavy (non-hydrogen) atoms. The Balaban J connectivity index is 2.87. The van der Waals surface area contributed by atoms with E-state index in [1.165, 1.54) is 0 Å². The van der Waals surface area contributed by atoms with Crippen LogP contribution in [0, 0.1) is 0 Å². The zero-order chi connectivity index (χ0) is 13.7. The Morgan fingerprint density at radius 2 is 2.17 bits per heavy atom. The first kappa shape index (κ1) is 15.0. The molecule has 0 aliphatic carbocycles. The predicted molar refractivity (Wildman–Crippen MR) is 75.4 cm³/mol. The summed E-state index contributed by atoms with van der Waals surface area (Å²) in [7, 11) is 0. The second-order valence-corrected chi connectivity index (χ2v) is 5.21. The van der Waals surface area contributed by atoms with Crippen molar-refractivity contribution >= 4 is 21.8 Å². The van der Waals surface area contributed by atoms with Gasteiger partial charge in [-0.25, -0.2) is 0 Å². The molecule has 0 saturated heterocycles. The van der Waals surface area contributed by atoms with Crippen LogP contribution in [0.3, 0.4) is 0 Å². The molecular weight excluding hydrogens is 296 g/mol. The van der Waals surface area contributed by atoms with Gasteiger partial charge in [-0.1, -0.05) is 22.9 Å². The molecule has 0 heterocycles. The highest BCUT2D eigenvalue weighted by Gasteiger charge is 2.15. The molecule has 0 radical (unpaired) electrons. The third-order valence-corrected chi connectivity index (χ3v) is 3.30. The van der Waals surface area contributed by atoms with Crippen molar-refractivity contribution in [3.63, 3.8) is 0 Å². The number of amides is 1. The summed E-state index contributed by atoms with van der Waals surface area (Å²) < 4.78 is 6.55. The van der Waals surface area contributed by atoms with Crippen LogP contribution in [0.2, 0.25) is 0 Å². The molecule has 0 saturated carbocycles. The third kappa shape index (κ3) is 4.31. The molecule has 0 aliphatic rings. The standard InChI is InChI=1S/C13H19BrN2O2/c1-3-12(13(16)17)18-10-4-5-11(14)9(7-10)6-8(2)15/h4-5,7-8,12H,3,6,15H2,1-2H3,(H2,16,17). The van der Waals surface area contributed by atoms with Crippen molar-refractivity contribution in [1.82, 2.24) is 0 Å². The van der Waals surface area contributed by atoms with Gasteiger partial charge in [0.1, 0.15) is 5.75 Å². The summed E-state index contributed by atoms with van der Waals surface area (Å²) in [5.74, 6) is 0.189. The second kappa shape index (κ2) is 6.75. The van der Waals surface area contributed by atoms with E-state index in [1.807, 2.05) is 26.0 Å². The minimum Gasteiger partial charge on any atom is -0.481 e. The maximum absolute atomic E-state index is 11.1. The first-order valence-corrected chi connectivity index (χ1v) is 6.73. The van der Waals surface area contributed by atoms with Crippen molar-refractivity contribution in [2.24, 2.45) is 11.5 Å². The third-order valence-electron chi connectivity index (χ3n) is 2.53. The highest BCUT2D eigenvalue weighted by Crippen LogP contribution is 2.24. The van der Waals surface area contributed by atoms with Crippen LogP contribution in [0.4, 0.5) is 0 Å². The fourth-order valence-corrected chi connectivity index (χ4v) is 2.04. The van der Waals surface area contributed by atoms with Crippen molar-refractivity contribution in [1.29, 1.82) is 0 Å². The summed E-state index contributed by atoms with van der Waals surface area (Å²) in [5.41, 5.74) is 12.1. The van der Waals surface area contributed by atoms with Gasteiger partial charge in [-0.15, -0.1) is 0 Å². The summed E-state index contributed by atoms with van der Waals surface area (Å²) in [6.07, 6.45) is 0.702. The van der Waals surface area contributed by atoms with E-state index in [2.05, 4.69) is 15.9 Å². The first-order valence-electron chi connectivity index (χ1n) is 5.94. The lowest BCUT2D eigenvalue weighted by atomic mass is 10.1. The van der Waals surface area contributed by atoms with E-state index < -0.39 is 12.0 Å². The predicted octanol–water partition coefficient (Wildman–Crippen LogP) is 1.98. The number of carbonyl (C=O) groups excluding carboxylic acids is 1. The van der Waals surface area contributed by atoms with Gasteiger partial charge in [0.2, 0.25) is 0 Å². The van der Waals surface area contributed by atoms with Gasteiger partial charge in [0.05, 0.1) is 0 Å². The molecule has 1 amide bonds. The number of rotatable bonds is 6. The fourth-order valence-electron chi connectivity index (χ4n) is 1.63. The van der Waals surface area contributed by atoms with Crippen LogP contribution >= 0.6 is 15.9 Å². The van der Waals surface area contributed by atoms with Crippen molar-refractivity contribution in [2.45, 2.75) is 38.8 Å². The summed E-state index contributed by atoms with van der Waals surface area (Å²) in [5, 5.41) is 0. The molecule has 100 valence electrons. The zero-order valence-corrected chi connectivity index (χ0v) is 12.2. The average Bonchev–Trinajstić information content (AvgIpc) is 2.29. The van der Waals surface area contributed by atoms with Crippen molar-refractivity contribution in [2.75, 3.05) is 0 Å². The lowest BCUT2D eigenvalue weighted by Gasteiger charge is -2.16. The number of halogens is 1. The molecule has 1 aromatic carbocycles. The van der Waals surface area contributed by atoms with E-state index in [4.69, 9.17) is 16.2 Å². The van der Waals surface area contributed by atoms with E-state index >= 15 is 0 Å². The van der Waals surface area contributed by atoms with Crippen molar-refractivity contribution in [3.05, 3.63) is 28.2 Å². The van der Waals surface area contributed by atoms with Gasteiger partial charge in [0.25, 0.3) is 5.91 Å². The molecule has 0 spiro atoms. The Morgan fingerprint density at radius 1 is 1.50 bits per heavy atom. The Hall–Kier alpha value is -1.07. The van der Waals surface area contributed by atoms with Gasteiger partial charge < -0.3 is 16.2 Å². The molecule has 0 aromatic heterocycles. The number of hydrogen-bond acceptors (Lipinski definition) is 3. The van der Waals surface area contributed by atoms with Gasteiger partial charge in [-0.05, 0) is 43.5 Å². The van der Waals surface area contributed by atoms with Crippen LogP contribution < -0.4 is 16.2 Å². The Kier molecular flexibility index (Phi) is 5.62. The summed E-state index contributed by atoms with van der Waals surface area (Å²) in [4.78, 5) is 11.1. The topological polar surface area (TPSA) is 78.3 Å². The number of ether oxygens (including phenoxy) is 1. The van der Waals surface area contributed by atoms with Gasteiger partial charge >= 0.3 is 0 Å². The molecule has 1 rings (SSSR count). The van der Waals surface area contributed by atoms with E-state index in [0.717, 1.165) is 16.5 Å². The Labute approximate surface area is 116 Å². The highest BCUT2D eigenvalue weighted by atomic mass is 79.9. The lowest BCUT2D eigenvalue weighted by Crippen LogP contribution is -2.33. The summed E-state index contributed by atoms with van der Waals surface area (Å²) in [6.45, 7) is 3.80. The highest BCUT2D eigenvalue weighted by molar-refractivity contribution is 9.10.